The Morgan fingerprint density at radius 1 is 1.28 bits per heavy atom. The number of para-hydroxylation sites is 1. The van der Waals surface area contributed by atoms with Gasteiger partial charge in [-0.25, -0.2) is 8.42 Å². The van der Waals surface area contributed by atoms with Crippen molar-refractivity contribution in [3.63, 3.8) is 0 Å². The number of carbonyl (C=O) groups excluding carboxylic acids is 1. The van der Waals surface area contributed by atoms with Crippen LogP contribution in [0, 0.1) is 5.92 Å². The fourth-order valence-electron chi connectivity index (χ4n) is 3.13. The van der Waals surface area contributed by atoms with E-state index in [1.165, 1.54) is 5.56 Å². The molecule has 1 aliphatic rings. The zero-order valence-corrected chi connectivity index (χ0v) is 15.0. The van der Waals surface area contributed by atoms with Crippen molar-refractivity contribution < 1.29 is 17.9 Å². The molecule has 0 bridgehead atoms. The third-order valence-corrected chi connectivity index (χ3v) is 5.41. The largest absolute Gasteiger partial charge is 0.379 e. The van der Waals surface area contributed by atoms with Crippen LogP contribution in [0.5, 0.6) is 0 Å². The number of sulfone groups is 1. The van der Waals surface area contributed by atoms with Crippen molar-refractivity contribution in [3.05, 3.63) is 42.1 Å². The highest BCUT2D eigenvalue weighted by molar-refractivity contribution is 7.90. The molecule has 2 heterocycles. The molecule has 1 N–H and O–H groups in total. The van der Waals surface area contributed by atoms with Crippen LogP contribution in [0.15, 0.2) is 36.5 Å². The van der Waals surface area contributed by atoms with E-state index < -0.39 is 9.84 Å². The zero-order chi connectivity index (χ0) is 17.9. The average Bonchev–Trinajstić information content (AvgIpc) is 3.00. The van der Waals surface area contributed by atoms with Crippen molar-refractivity contribution >= 4 is 26.6 Å². The van der Waals surface area contributed by atoms with Crippen molar-refractivity contribution in [1.82, 2.24) is 10.3 Å². The van der Waals surface area contributed by atoms with Crippen LogP contribution < -0.4 is 5.32 Å². The number of aromatic nitrogens is 1. The van der Waals surface area contributed by atoms with E-state index in [1.807, 2.05) is 30.3 Å². The number of amides is 1. The van der Waals surface area contributed by atoms with E-state index in [9.17, 15) is 13.2 Å². The number of hydrogen-bond acceptors (Lipinski definition) is 5. The van der Waals surface area contributed by atoms with Gasteiger partial charge in [-0.3, -0.25) is 9.78 Å². The Hall–Kier alpha value is -1.99. The number of fused-ring (bicyclic) bond motifs is 1. The monoisotopic (exact) mass is 362 g/mol. The second-order valence-electron chi connectivity index (χ2n) is 6.54. The Balaban J connectivity index is 1.66. The lowest BCUT2D eigenvalue weighted by molar-refractivity contribution is -0.121. The number of carbonyl (C=O) groups is 1. The zero-order valence-electron chi connectivity index (χ0n) is 14.1. The topological polar surface area (TPSA) is 85.4 Å². The van der Waals surface area contributed by atoms with Crippen LogP contribution in [0.2, 0.25) is 0 Å². The molecule has 3 rings (SSSR count). The van der Waals surface area contributed by atoms with Crippen molar-refractivity contribution in [3.8, 4) is 0 Å². The number of benzene rings is 1. The first-order valence-corrected chi connectivity index (χ1v) is 10.4. The Morgan fingerprint density at radius 2 is 2.08 bits per heavy atom. The van der Waals surface area contributed by atoms with Crippen LogP contribution >= 0.6 is 0 Å². The summed E-state index contributed by atoms with van der Waals surface area (Å²) < 4.78 is 27.9. The lowest BCUT2D eigenvalue weighted by atomic mass is 9.93. The molecule has 6 nitrogen and oxygen atoms in total. The van der Waals surface area contributed by atoms with Crippen LogP contribution in [0.4, 0.5) is 0 Å². The smallest absolute Gasteiger partial charge is 0.221 e. The number of pyridine rings is 1. The molecule has 0 aliphatic carbocycles. The minimum absolute atomic E-state index is 0.0136. The van der Waals surface area contributed by atoms with Gasteiger partial charge in [0.1, 0.15) is 9.84 Å². The molecule has 7 heteroatoms. The van der Waals surface area contributed by atoms with E-state index in [-0.39, 0.29) is 30.0 Å². The summed E-state index contributed by atoms with van der Waals surface area (Å²) in [7, 11) is -3.14. The van der Waals surface area contributed by atoms with Crippen molar-refractivity contribution in [2.24, 2.45) is 5.92 Å². The molecule has 0 radical (unpaired) electrons. The van der Waals surface area contributed by atoms with Crippen LogP contribution in [0.25, 0.3) is 10.9 Å². The fourth-order valence-corrected chi connectivity index (χ4v) is 3.69. The molecule has 1 amide bonds. The maximum Gasteiger partial charge on any atom is 0.221 e. The summed E-state index contributed by atoms with van der Waals surface area (Å²) in [5.41, 5.74) is 2.13. The SMILES string of the molecule is CS(=O)(=O)CCC(=O)NC1COCC1Cc1ccnc2ccccc12. The molecule has 1 fully saturated rings. The van der Waals surface area contributed by atoms with Crippen molar-refractivity contribution in [1.29, 1.82) is 0 Å². The number of nitrogens with zero attached hydrogens (tertiary/aromatic N) is 1. The molecular formula is C18H22N2O4S. The van der Waals surface area contributed by atoms with Gasteiger partial charge < -0.3 is 10.1 Å². The summed E-state index contributed by atoms with van der Waals surface area (Å²) in [6.07, 6.45) is 3.70. The summed E-state index contributed by atoms with van der Waals surface area (Å²) >= 11 is 0. The van der Waals surface area contributed by atoms with E-state index in [0.29, 0.717) is 13.2 Å². The summed E-state index contributed by atoms with van der Waals surface area (Å²) in [6, 6.07) is 9.88. The number of rotatable bonds is 6. The first-order chi connectivity index (χ1) is 11.9. The highest BCUT2D eigenvalue weighted by Gasteiger charge is 2.30. The van der Waals surface area contributed by atoms with Crippen molar-refractivity contribution in [2.45, 2.75) is 18.9 Å². The van der Waals surface area contributed by atoms with Gasteiger partial charge in [-0.2, -0.15) is 0 Å². The molecule has 0 saturated carbocycles. The molecule has 2 atom stereocenters. The van der Waals surface area contributed by atoms with Gasteiger partial charge in [0, 0.05) is 30.2 Å². The Bertz CT molecular complexity index is 861. The molecule has 2 aromatic rings. The van der Waals surface area contributed by atoms with Gasteiger partial charge in [-0.15, -0.1) is 0 Å². The van der Waals surface area contributed by atoms with Gasteiger partial charge in [0.2, 0.25) is 5.91 Å². The van der Waals surface area contributed by atoms with E-state index in [0.717, 1.165) is 23.6 Å². The quantitative estimate of drug-likeness (QED) is 0.838. The predicted octanol–water partition coefficient (Wildman–Crippen LogP) is 1.34. The third-order valence-electron chi connectivity index (χ3n) is 4.47. The van der Waals surface area contributed by atoms with Gasteiger partial charge in [0.25, 0.3) is 0 Å². The lowest BCUT2D eigenvalue weighted by Gasteiger charge is -2.19. The highest BCUT2D eigenvalue weighted by atomic mass is 32.2. The van der Waals surface area contributed by atoms with Crippen LogP contribution in [0.3, 0.4) is 0 Å². The Kier molecular flexibility index (Phi) is 5.34. The van der Waals surface area contributed by atoms with Gasteiger partial charge >= 0.3 is 0 Å². The summed E-state index contributed by atoms with van der Waals surface area (Å²) in [5, 5.41) is 4.04. The third kappa shape index (κ3) is 4.76. The second-order valence-corrected chi connectivity index (χ2v) is 8.80. The van der Waals surface area contributed by atoms with Crippen LogP contribution in [-0.4, -0.2) is 50.6 Å². The number of ether oxygens (including phenoxy) is 1. The lowest BCUT2D eigenvalue weighted by Crippen LogP contribution is -2.41. The standard InChI is InChI=1S/C18H22N2O4S/c1-25(22,23)9-7-18(21)20-17-12-24-11-14(17)10-13-6-8-19-16-5-3-2-4-15(13)16/h2-6,8,14,17H,7,9-12H2,1H3,(H,20,21). The Labute approximate surface area is 147 Å². The Morgan fingerprint density at radius 3 is 2.88 bits per heavy atom. The summed E-state index contributed by atoms with van der Waals surface area (Å²) in [6.45, 7) is 1.03. The second kappa shape index (κ2) is 7.49. The fraction of sp³-hybridized carbons (Fsp3) is 0.444. The van der Waals surface area contributed by atoms with Crippen LogP contribution in [-0.2, 0) is 25.8 Å². The highest BCUT2D eigenvalue weighted by Crippen LogP contribution is 2.24. The van der Waals surface area contributed by atoms with Gasteiger partial charge in [-0.1, -0.05) is 18.2 Å². The van der Waals surface area contributed by atoms with Gasteiger partial charge in [-0.05, 0) is 24.1 Å². The number of nitrogens with one attached hydrogen (secondary N) is 1. The molecular weight excluding hydrogens is 340 g/mol. The molecule has 1 aromatic carbocycles. The molecule has 134 valence electrons. The van der Waals surface area contributed by atoms with Gasteiger partial charge in [0.15, 0.2) is 0 Å². The average molecular weight is 362 g/mol. The molecule has 1 aliphatic heterocycles. The molecule has 1 saturated heterocycles. The van der Waals surface area contributed by atoms with E-state index in [1.54, 1.807) is 6.20 Å². The van der Waals surface area contributed by atoms with Crippen LogP contribution in [0.1, 0.15) is 12.0 Å². The maximum absolute atomic E-state index is 12.0. The molecule has 1 aromatic heterocycles. The minimum Gasteiger partial charge on any atom is -0.379 e. The normalized spacial score (nSPS) is 20.7. The maximum atomic E-state index is 12.0. The van der Waals surface area contributed by atoms with E-state index in [4.69, 9.17) is 4.74 Å². The van der Waals surface area contributed by atoms with E-state index in [2.05, 4.69) is 10.3 Å². The molecule has 0 spiro atoms. The minimum atomic E-state index is -3.14. The van der Waals surface area contributed by atoms with Crippen molar-refractivity contribution in [2.75, 3.05) is 25.2 Å². The number of hydrogen-bond donors (Lipinski definition) is 1. The first-order valence-electron chi connectivity index (χ1n) is 8.30. The summed E-state index contributed by atoms with van der Waals surface area (Å²) in [5.74, 6) is -0.218. The van der Waals surface area contributed by atoms with E-state index >= 15 is 0 Å². The predicted molar refractivity (Wildman–Crippen MR) is 96.0 cm³/mol. The molecule has 2 unspecified atom stereocenters. The first kappa shape index (κ1) is 17.8. The summed E-state index contributed by atoms with van der Waals surface area (Å²) in [4.78, 5) is 16.4. The van der Waals surface area contributed by atoms with Gasteiger partial charge in [0.05, 0.1) is 30.5 Å². The molecule has 25 heavy (non-hydrogen) atoms.